The van der Waals surface area contributed by atoms with Crippen LogP contribution in [0.25, 0.3) is 0 Å². The summed E-state index contributed by atoms with van der Waals surface area (Å²) in [5, 5.41) is 0. The van der Waals surface area contributed by atoms with Gasteiger partial charge in [0, 0.05) is 19.3 Å². The molecule has 65 heavy (non-hydrogen) atoms. The molecule has 1 atom stereocenters. The van der Waals surface area contributed by atoms with E-state index >= 15 is 0 Å². The number of hydrogen-bond donors (Lipinski definition) is 0. The molecule has 0 aliphatic carbocycles. The monoisotopic (exact) mass is 901 g/mol. The van der Waals surface area contributed by atoms with Gasteiger partial charge < -0.3 is 14.2 Å². The highest BCUT2D eigenvalue weighted by molar-refractivity contribution is 5.71. The number of rotatable bonds is 46. The molecule has 6 nitrogen and oxygen atoms in total. The molecule has 0 saturated heterocycles. The highest BCUT2D eigenvalue weighted by Gasteiger charge is 2.19. The van der Waals surface area contributed by atoms with Gasteiger partial charge in [-0.1, -0.05) is 239 Å². The van der Waals surface area contributed by atoms with Crippen molar-refractivity contribution >= 4 is 17.9 Å². The number of allylic oxidation sites excluding steroid dienone is 18. The van der Waals surface area contributed by atoms with E-state index in [9.17, 15) is 14.4 Å². The molecule has 0 aromatic heterocycles. The first-order valence-electron chi connectivity index (χ1n) is 26.4. The van der Waals surface area contributed by atoms with Crippen molar-refractivity contribution in [3.63, 3.8) is 0 Å². The predicted octanol–water partition coefficient (Wildman–Crippen LogP) is 17.5. The zero-order chi connectivity index (χ0) is 47.2. The van der Waals surface area contributed by atoms with E-state index in [0.717, 1.165) is 89.9 Å². The van der Waals surface area contributed by atoms with E-state index in [4.69, 9.17) is 14.2 Å². The molecule has 0 amide bonds. The summed E-state index contributed by atoms with van der Waals surface area (Å²) >= 11 is 0. The van der Waals surface area contributed by atoms with Crippen LogP contribution in [0.5, 0.6) is 0 Å². The van der Waals surface area contributed by atoms with Crippen molar-refractivity contribution in [2.75, 3.05) is 13.2 Å². The molecule has 1 unspecified atom stereocenters. The summed E-state index contributed by atoms with van der Waals surface area (Å²) in [5.74, 6) is -1.01. The van der Waals surface area contributed by atoms with Crippen LogP contribution in [0.15, 0.2) is 109 Å². The second-order valence-corrected chi connectivity index (χ2v) is 17.1. The molecule has 0 saturated carbocycles. The third-order valence-electron chi connectivity index (χ3n) is 10.9. The maximum absolute atomic E-state index is 12.8. The van der Waals surface area contributed by atoms with E-state index in [1.54, 1.807) is 0 Å². The van der Waals surface area contributed by atoms with Crippen LogP contribution in [-0.2, 0) is 28.6 Å². The first kappa shape index (κ1) is 61.1. The lowest BCUT2D eigenvalue weighted by molar-refractivity contribution is -0.167. The summed E-state index contributed by atoms with van der Waals surface area (Å²) in [6.07, 6.45) is 70.8. The molecule has 0 aliphatic rings. The van der Waals surface area contributed by atoms with Crippen LogP contribution in [0, 0.1) is 0 Å². The van der Waals surface area contributed by atoms with Crippen molar-refractivity contribution in [3.8, 4) is 0 Å². The largest absolute Gasteiger partial charge is 0.462 e. The smallest absolute Gasteiger partial charge is 0.306 e. The summed E-state index contributed by atoms with van der Waals surface area (Å²) in [7, 11) is 0. The van der Waals surface area contributed by atoms with E-state index in [1.807, 2.05) is 36.5 Å². The van der Waals surface area contributed by atoms with E-state index in [-0.39, 0.29) is 37.5 Å². The van der Waals surface area contributed by atoms with Gasteiger partial charge in [0.05, 0.1) is 0 Å². The summed E-state index contributed by atoms with van der Waals surface area (Å²) in [5.41, 5.74) is 0. The van der Waals surface area contributed by atoms with Crippen LogP contribution in [0.3, 0.4) is 0 Å². The number of esters is 3. The molecule has 6 heteroatoms. The van der Waals surface area contributed by atoms with Crippen molar-refractivity contribution in [2.45, 2.75) is 232 Å². The summed E-state index contributed by atoms with van der Waals surface area (Å²) in [4.78, 5) is 38.0. The van der Waals surface area contributed by atoms with Gasteiger partial charge in [0.2, 0.25) is 0 Å². The van der Waals surface area contributed by atoms with Crippen molar-refractivity contribution in [2.24, 2.45) is 0 Å². The Morgan fingerprint density at radius 1 is 0.338 bits per heavy atom. The molecular formula is C59H96O6. The lowest BCUT2D eigenvalue weighted by atomic mass is 10.0. The predicted molar refractivity (Wildman–Crippen MR) is 279 cm³/mol. The Bertz CT molecular complexity index is 1360. The fraction of sp³-hybridized carbons (Fsp3) is 0.644. The zero-order valence-electron chi connectivity index (χ0n) is 42.0. The van der Waals surface area contributed by atoms with E-state index in [0.29, 0.717) is 19.3 Å². The average Bonchev–Trinajstić information content (AvgIpc) is 3.30. The minimum atomic E-state index is -0.817. The van der Waals surface area contributed by atoms with Crippen LogP contribution >= 0.6 is 0 Å². The number of carbonyl (C=O) groups is 3. The first-order valence-corrected chi connectivity index (χ1v) is 26.4. The summed E-state index contributed by atoms with van der Waals surface area (Å²) < 4.78 is 16.7. The molecule has 0 radical (unpaired) electrons. The third kappa shape index (κ3) is 50.9. The van der Waals surface area contributed by atoms with E-state index < -0.39 is 6.10 Å². The van der Waals surface area contributed by atoms with Gasteiger partial charge in [0.1, 0.15) is 13.2 Å². The fourth-order valence-electron chi connectivity index (χ4n) is 6.96. The maximum atomic E-state index is 12.8. The molecule has 0 rings (SSSR count). The number of carbonyl (C=O) groups excluding carboxylic acids is 3. The van der Waals surface area contributed by atoms with E-state index in [1.165, 1.54) is 89.9 Å². The van der Waals surface area contributed by atoms with Gasteiger partial charge in [-0.15, -0.1) is 0 Å². The highest BCUT2D eigenvalue weighted by Crippen LogP contribution is 2.15. The van der Waals surface area contributed by atoms with Gasteiger partial charge in [-0.3, -0.25) is 14.4 Å². The number of hydrogen-bond acceptors (Lipinski definition) is 6. The van der Waals surface area contributed by atoms with Gasteiger partial charge in [0.25, 0.3) is 0 Å². The molecule has 0 spiro atoms. The van der Waals surface area contributed by atoms with Crippen molar-refractivity contribution in [3.05, 3.63) is 109 Å². The van der Waals surface area contributed by atoms with Crippen LogP contribution < -0.4 is 0 Å². The average molecular weight is 901 g/mol. The molecule has 0 bridgehead atoms. The van der Waals surface area contributed by atoms with Gasteiger partial charge >= 0.3 is 17.9 Å². The lowest BCUT2D eigenvalue weighted by Crippen LogP contribution is -2.30. The third-order valence-corrected chi connectivity index (χ3v) is 10.9. The highest BCUT2D eigenvalue weighted by atomic mass is 16.6. The lowest BCUT2D eigenvalue weighted by Gasteiger charge is -2.18. The summed E-state index contributed by atoms with van der Waals surface area (Å²) in [6.45, 7) is 6.30. The van der Waals surface area contributed by atoms with Gasteiger partial charge in [-0.25, -0.2) is 0 Å². The molecule has 0 aromatic rings. The van der Waals surface area contributed by atoms with Crippen molar-refractivity contribution in [1.82, 2.24) is 0 Å². The molecule has 0 fully saturated rings. The van der Waals surface area contributed by atoms with Crippen LogP contribution in [0.1, 0.15) is 226 Å². The Morgan fingerprint density at radius 3 is 1.17 bits per heavy atom. The topological polar surface area (TPSA) is 78.9 Å². The quantitative estimate of drug-likeness (QED) is 0.0199. The standard InChI is InChI=1S/C59H96O6/c1-4-7-10-13-16-19-22-25-27-29-31-34-37-40-43-46-49-52-58(61)64-55-56(54-63-57(60)51-48-45-42-39-36-33-24-21-18-15-12-9-6-3)65-59(62)53-50-47-44-41-38-35-32-30-28-26-23-20-17-14-11-8-5-2/h7,9-10,12,15-16,18-19,21,24-25,27,31,33-34,36,40,43,56H,4-6,8,11,13-14,17,20,22-23,26,28-30,32,35,37-39,41-42,44-55H2,1-3H3/b10-7-,12-9-,18-15-,19-16-,24-21-,27-25-,34-31-,36-33-,43-40-. The Balaban J connectivity index is 4.51. The molecule has 368 valence electrons. The molecule has 0 heterocycles. The Morgan fingerprint density at radius 2 is 0.692 bits per heavy atom. The minimum absolute atomic E-state index is 0.116. The van der Waals surface area contributed by atoms with Gasteiger partial charge in [-0.05, 0) is 77.0 Å². The normalized spacial score (nSPS) is 13.0. The first-order chi connectivity index (χ1) is 32.0. The SMILES string of the molecule is CC\C=C/C=C\C=C/C=C\CCCCCC(=O)OCC(COC(=O)CCC/C=C\C/C=C\C/C=C\C/C=C\C/C=C\CC)OC(=O)CCCCCCCCCCCCCCCCCCC. The van der Waals surface area contributed by atoms with Crippen LogP contribution in [0.4, 0.5) is 0 Å². The number of ether oxygens (including phenoxy) is 3. The van der Waals surface area contributed by atoms with Crippen LogP contribution in [-0.4, -0.2) is 37.2 Å². The molecular weight excluding hydrogens is 805 g/mol. The zero-order valence-corrected chi connectivity index (χ0v) is 42.0. The Kier molecular flexibility index (Phi) is 49.5. The second-order valence-electron chi connectivity index (χ2n) is 17.1. The van der Waals surface area contributed by atoms with Crippen molar-refractivity contribution in [1.29, 1.82) is 0 Å². The van der Waals surface area contributed by atoms with Gasteiger partial charge in [-0.2, -0.15) is 0 Å². The number of unbranched alkanes of at least 4 members (excludes halogenated alkanes) is 20. The van der Waals surface area contributed by atoms with Gasteiger partial charge in [0.15, 0.2) is 6.10 Å². The molecule has 0 N–H and O–H groups in total. The fourth-order valence-corrected chi connectivity index (χ4v) is 6.96. The minimum Gasteiger partial charge on any atom is -0.462 e. The maximum Gasteiger partial charge on any atom is 0.306 e. The Labute approximate surface area is 400 Å². The molecule has 0 aromatic carbocycles. The second kappa shape index (κ2) is 52.7. The van der Waals surface area contributed by atoms with Crippen LogP contribution in [0.2, 0.25) is 0 Å². The Hall–Kier alpha value is -3.93. The molecule has 0 aliphatic heterocycles. The van der Waals surface area contributed by atoms with E-state index in [2.05, 4.69) is 93.7 Å². The summed E-state index contributed by atoms with van der Waals surface area (Å²) in [6, 6.07) is 0. The van der Waals surface area contributed by atoms with Crippen molar-refractivity contribution < 1.29 is 28.6 Å².